The molecule has 116 valence electrons. The monoisotopic (exact) mass is 354 g/mol. The highest BCUT2D eigenvalue weighted by Gasteiger charge is 2.31. The van der Waals surface area contributed by atoms with E-state index in [0.717, 1.165) is 30.2 Å². The van der Waals surface area contributed by atoms with Gasteiger partial charge in [-0.3, -0.25) is 4.79 Å². The van der Waals surface area contributed by atoms with E-state index >= 15 is 0 Å². The second-order valence-electron chi connectivity index (χ2n) is 6.51. The molecule has 1 aromatic rings. The molecule has 1 saturated carbocycles. The standard InChI is InChI=1S/C15H23BrN4O/c1-15(2)6-4-11(5-7-15)20(3)14(21)12-8-10(16)9-18-13(12)19-17/h8-9,11H,4-7,17H2,1-3H3,(H,18,19). The molecule has 6 heteroatoms. The predicted molar refractivity (Wildman–Crippen MR) is 87.9 cm³/mol. The van der Waals surface area contributed by atoms with Crippen molar-refractivity contribution in [1.29, 1.82) is 0 Å². The van der Waals surface area contributed by atoms with Crippen molar-refractivity contribution in [3.05, 3.63) is 22.3 Å². The molecule has 1 aliphatic rings. The van der Waals surface area contributed by atoms with E-state index in [1.54, 1.807) is 12.3 Å². The average molecular weight is 355 g/mol. The Balaban J connectivity index is 2.15. The van der Waals surface area contributed by atoms with Gasteiger partial charge in [0.1, 0.15) is 0 Å². The molecule has 1 aromatic heterocycles. The molecule has 0 aliphatic heterocycles. The molecule has 0 spiro atoms. The molecule has 0 aromatic carbocycles. The number of nitrogen functional groups attached to an aromatic ring is 1. The molecule has 1 aliphatic carbocycles. The third-order valence-electron chi connectivity index (χ3n) is 4.40. The molecule has 0 atom stereocenters. The zero-order valence-corrected chi connectivity index (χ0v) is 14.4. The van der Waals surface area contributed by atoms with Crippen molar-refractivity contribution in [2.45, 2.75) is 45.6 Å². The highest BCUT2D eigenvalue weighted by Crippen LogP contribution is 2.37. The smallest absolute Gasteiger partial charge is 0.257 e. The Morgan fingerprint density at radius 2 is 2.10 bits per heavy atom. The number of pyridine rings is 1. The lowest BCUT2D eigenvalue weighted by Crippen LogP contribution is -2.41. The van der Waals surface area contributed by atoms with Crippen molar-refractivity contribution < 1.29 is 4.79 Å². The van der Waals surface area contributed by atoms with Gasteiger partial charge in [-0.25, -0.2) is 10.8 Å². The van der Waals surface area contributed by atoms with E-state index in [0.29, 0.717) is 16.8 Å². The summed E-state index contributed by atoms with van der Waals surface area (Å²) >= 11 is 3.35. The number of nitrogens with one attached hydrogen (secondary N) is 1. The van der Waals surface area contributed by atoms with Gasteiger partial charge in [-0.1, -0.05) is 13.8 Å². The number of carbonyl (C=O) groups excluding carboxylic acids is 1. The van der Waals surface area contributed by atoms with Crippen molar-refractivity contribution >= 4 is 27.7 Å². The quantitative estimate of drug-likeness (QED) is 0.645. The predicted octanol–water partition coefficient (Wildman–Crippen LogP) is 3.17. The van der Waals surface area contributed by atoms with E-state index in [1.807, 2.05) is 11.9 Å². The van der Waals surface area contributed by atoms with Crippen LogP contribution < -0.4 is 11.3 Å². The number of halogens is 1. The van der Waals surface area contributed by atoms with Crippen molar-refractivity contribution in [2.75, 3.05) is 12.5 Å². The minimum absolute atomic E-state index is 0.0403. The fraction of sp³-hybridized carbons (Fsp3) is 0.600. The zero-order valence-electron chi connectivity index (χ0n) is 12.8. The van der Waals surface area contributed by atoms with E-state index in [9.17, 15) is 4.79 Å². The molecule has 1 heterocycles. The van der Waals surface area contributed by atoms with Gasteiger partial charge in [0.25, 0.3) is 5.91 Å². The van der Waals surface area contributed by atoms with Crippen LogP contribution in [0.4, 0.5) is 5.82 Å². The number of carbonyl (C=O) groups is 1. The molecule has 0 unspecified atom stereocenters. The number of rotatable bonds is 3. The highest BCUT2D eigenvalue weighted by atomic mass is 79.9. The van der Waals surface area contributed by atoms with E-state index in [1.165, 1.54) is 0 Å². The van der Waals surface area contributed by atoms with Gasteiger partial charge in [0, 0.05) is 23.8 Å². The van der Waals surface area contributed by atoms with E-state index in [-0.39, 0.29) is 11.9 Å². The summed E-state index contributed by atoms with van der Waals surface area (Å²) in [7, 11) is 1.87. The maximum atomic E-state index is 12.7. The first-order chi connectivity index (χ1) is 9.84. The minimum Gasteiger partial charge on any atom is -0.339 e. The van der Waals surface area contributed by atoms with Crippen LogP contribution in [0.5, 0.6) is 0 Å². The van der Waals surface area contributed by atoms with Gasteiger partial charge in [-0.2, -0.15) is 0 Å². The van der Waals surface area contributed by atoms with Crippen molar-refractivity contribution in [3.63, 3.8) is 0 Å². The first-order valence-electron chi connectivity index (χ1n) is 7.23. The Bertz CT molecular complexity index is 522. The topological polar surface area (TPSA) is 71.2 Å². The molecule has 0 saturated heterocycles. The summed E-state index contributed by atoms with van der Waals surface area (Å²) in [6.45, 7) is 4.58. The summed E-state index contributed by atoms with van der Waals surface area (Å²) in [5.74, 6) is 5.82. The first kappa shape index (κ1) is 16.2. The van der Waals surface area contributed by atoms with Gasteiger partial charge in [-0.05, 0) is 53.1 Å². The Hall–Kier alpha value is -1.14. The van der Waals surface area contributed by atoms with Gasteiger partial charge >= 0.3 is 0 Å². The zero-order chi connectivity index (χ0) is 15.6. The van der Waals surface area contributed by atoms with Crippen LogP contribution in [0.15, 0.2) is 16.7 Å². The number of hydrogen-bond donors (Lipinski definition) is 2. The second-order valence-corrected chi connectivity index (χ2v) is 7.42. The van der Waals surface area contributed by atoms with E-state index in [4.69, 9.17) is 5.84 Å². The average Bonchev–Trinajstić information content (AvgIpc) is 2.45. The number of nitrogens with zero attached hydrogens (tertiary/aromatic N) is 2. The molecule has 0 bridgehead atoms. The summed E-state index contributed by atoms with van der Waals surface area (Å²) in [5, 5.41) is 0. The minimum atomic E-state index is -0.0403. The molecule has 2 rings (SSSR count). The Morgan fingerprint density at radius 1 is 1.48 bits per heavy atom. The fourth-order valence-electron chi connectivity index (χ4n) is 2.84. The number of anilines is 1. The van der Waals surface area contributed by atoms with E-state index < -0.39 is 0 Å². The lowest BCUT2D eigenvalue weighted by molar-refractivity contribution is 0.0636. The van der Waals surface area contributed by atoms with Crippen LogP contribution >= 0.6 is 15.9 Å². The van der Waals surface area contributed by atoms with Crippen LogP contribution in [0.25, 0.3) is 0 Å². The Kier molecular flexibility index (Phi) is 4.88. The fourth-order valence-corrected chi connectivity index (χ4v) is 3.18. The molecule has 21 heavy (non-hydrogen) atoms. The Morgan fingerprint density at radius 3 is 2.67 bits per heavy atom. The lowest BCUT2D eigenvalue weighted by atomic mass is 9.75. The second kappa shape index (κ2) is 6.32. The SMILES string of the molecule is CN(C(=O)c1cc(Br)cnc1NN)C1CCC(C)(C)CC1. The number of nitrogens with two attached hydrogens (primary N) is 1. The third kappa shape index (κ3) is 3.74. The third-order valence-corrected chi connectivity index (χ3v) is 4.83. The normalized spacial score (nSPS) is 18.3. The lowest BCUT2D eigenvalue weighted by Gasteiger charge is -2.38. The summed E-state index contributed by atoms with van der Waals surface area (Å²) in [5.41, 5.74) is 3.38. The Labute approximate surface area is 134 Å². The molecule has 5 nitrogen and oxygen atoms in total. The van der Waals surface area contributed by atoms with Crippen molar-refractivity contribution in [1.82, 2.24) is 9.88 Å². The highest BCUT2D eigenvalue weighted by molar-refractivity contribution is 9.10. The van der Waals surface area contributed by atoms with Crippen LogP contribution in [-0.4, -0.2) is 28.9 Å². The molecule has 1 amide bonds. The van der Waals surface area contributed by atoms with Crippen LogP contribution in [0.2, 0.25) is 0 Å². The molecular formula is C15H23BrN4O. The molecular weight excluding hydrogens is 332 g/mol. The van der Waals surface area contributed by atoms with Crippen LogP contribution in [-0.2, 0) is 0 Å². The first-order valence-corrected chi connectivity index (χ1v) is 8.03. The maximum Gasteiger partial charge on any atom is 0.257 e. The van der Waals surface area contributed by atoms with E-state index in [2.05, 4.69) is 40.2 Å². The number of aromatic nitrogens is 1. The summed E-state index contributed by atoms with van der Waals surface area (Å²) in [6.07, 6.45) is 6.00. The largest absolute Gasteiger partial charge is 0.339 e. The van der Waals surface area contributed by atoms with Crippen LogP contribution in [0, 0.1) is 5.41 Å². The van der Waals surface area contributed by atoms with Gasteiger partial charge in [0.05, 0.1) is 5.56 Å². The van der Waals surface area contributed by atoms with Gasteiger partial charge in [-0.15, -0.1) is 0 Å². The maximum absolute atomic E-state index is 12.7. The molecule has 3 N–H and O–H groups in total. The van der Waals surface area contributed by atoms with Crippen LogP contribution in [0.3, 0.4) is 0 Å². The number of hydrogen-bond acceptors (Lipinski definition) is 4. The molecule has 1 fully saturated rings. The van der Waals surface area contributed by atoms with Gasteiger partial charge in [0.15, 0.2) is 5.82 Å². The summed E-state index contributed by atoms with van der Waals surface area (Å²) in [6, 6.07) is 2.04. The summed E-state index contributed by atoms with van der Waals surface area (Å²) < 4.78 is 0.767. The van der Waals surface area contributed by atoms with Crippen molar-refractivity contribution in [3.8, 4) is 0 Å². The number of hydrazine groups is 1. The summed E-state index contributed by atoms with van der Waals surface area (Å²) in [4.78, 5) is 18.7. The van der Waals surface area contributed by atoms with Crippen molar-refractivity contribution in [2.24, 2.45) is 11.3 Å². The molecule has 0 radical (unpaired) electrons. The van der Waals surface area contributed by atoms with Gasteiger partial charge in [0.2, 0.25) is 0 Å². The number of amides is 1. The van der Waals surface area contributed by atoms with Crippen LogP contribution in [0.1, 0.15) is 49.9 Å². The van der Waals surface area contributed by atoms with Gasteiger partial charge < -0.3 is 10.3 Å².